The molecule has 1 aromatic carbocycles. The van der Waals surface area contributed by atoms with Gasteiger partial charge in [0.25, 0.3) is 0 Å². The molecule has 1 atom stereocenters. The molecule has 2 saturated heterocycles. The Morgan fingerprint density at radius 2 is 1.74 bits per heavy atom. The Hall–Kier alpha value is -2.85. The van der Waals surface area contributed by atoms with Gasteiger partial charge in [0.05, 0.1) is 18.8 Å². The summed E-state index contributed by atoms with van der Waals surface area (Å²) in [5, 5.41) is 6.17. The Morgan fingerprint density at radius 3 is 2.45 bits per heavy atom. The van der Waals surface area contributed by atoms with Crippen molar-refractivity contribution in [1.82, 2.24) is 19.5 Å². The van der Waals surface area contributed by atoms with Crippen molar-refractivity contribution in [2.45, 2.75) is 38.8 Å². The normalized spacial score (nSPS) is 19.4. The quantitative estimate of drug-likeness (QED) is 0.629. The minimum atomic E-state index is -0.691. The van der Waals surface area contributed by atoms with Crippen LogP contribution in [0.1, 0.15) is 32.7 Å². The van der Waals surface area contributed by atoms with E-state index < -0.39 is 11.6 Å². The van der Waals surface area contributed by atoms with Crippen LogP contribution in [-0.2, 0) is 9.47 Å². The first kappa shape index (κ1) is 21.4. The molecule has 2 N–H and O–H groups in total. The summed E-state index contributed by atoms with van der Waals surface area (Å²) in [5.41, 5.74) is 0.884. The Labute approximate surface area is 179 Å². The van der Waals surface area contributed by atoms with Gasteiger partial charge < -0.3 is 20.1 Å². The van der Waals surface area contributed by atoms with Crippen LogP contribution in [0.25, 0.3) is 11.2 Å². The molecule has 31 heavy (non-hydrogen) atoms. The number of fused-ring (bicyclic) bond motifs is 1. The van der Waals surface area contributed by atoms with Gasteiger partial charge in [-0.3, -0.25) is 4.57 Å². The van der Waals surface area contributed by atoms with Crippen LogP contribution in [0.5, 0.6) is 0 Å². The van der Waals surface area contributed by atoms with Crippen LogP contribution in [0, 0.1) is 11.6 Å². The van der Waals surface area contributed by atoms with Gasteiger partial charge in [-0.1, -0.05) is 13.5 Å². The van der Waals surface area contributed by atoms with E-state index in [1.807, 2.05) is 4.57 Å². The number of nitrogens with zero attached hydrogens (tertiary/aromatic N) is 4. The van der Waals surface area contributed by atoms with Crippen molar-refractivity contribution in [1.29, 1.82) is 0 Å². The second-order valence-electron chi connectivity index (χ2n) is 7.48. The van der Waals surface area contributed by atoms with Crippen molar-refractivity contribution >= 4 is 28.7 Å². The van der Waals surface area contributed by atoms with Crippen molar-refractivity contribution < 1.29 is 18.3 Å². The van der Waals surface area contributed by atoms with E-state index in [4.69, 9.17) is 9.47 Å². The standard InChI is InChI=1S/C20H22F2N6O2.CH4/c21-14-2-1-3-15(22)17(14)26-20-25-16-10-23-19(24-12-4-7-29-8-5-12)27-18(16)28(20)13-6-9-30-11-13;/h1-3,10,12-13H,4-9,11H2,(H,25,26)(H,23,24,27);1H4/t13-;/m0./s1. The molecular formula is C21H26F2N6O2. The Balaban J connectivity index is 0.00000231. The van der Waals surface area contributed by atoms with Crippen LogP contribution in [0.2, 0.25) is 0 Å². The molecule has 5 rings (SSSR count). The number of rotatable bonds is 5. The third-order valence-corrected chi connectivity index (χ3v) is 5.46. The van der Waals surface area contributed by atoms with E-state index in [1.54, 1.807) is 6.20 Å². The van der Waals surface area contributed by atoms with Crippen LogP contribution in [0.3, 0.4) is 0 Å². The Kier molecular flexibility index (Phi) is 6.28. The van der Waals surface area contributed by atoms with Gasteiger partial charge >= 0.3 is 0 Å². The molecule has 2 aliphatic rings. The molecule has 2 aromatic heterocycles. The van der Waals surface area contributed by atoms with E-state index in [9.17, 15) is 8.78 Å². The minimum Gasteiger partial charge on any atom is -0.381 e. The maximum atomic E-state index is 14.2. The van der Waals surface area contributed by atoms with Gasteiger partial charge in [-0.25, -0.2) is 18.7 Å². The predicted molar refractivity (Wildman–Crippen MR) is 114 cm³/mol. The third kappa shape index (κ3) is 4.31. The van der Waals surface area contributed by atoms with E-state index in [0.29, 0.717) is 49.5 Å². The molecule has 2 aliphatic heterocycles. The second-order valence-corrected chi connectivity index (χ2v) is 7.48. The monoisotopic (exact) mass is 432 g/mol. The topological polar surface area (TPSA) is 86.1 Å². The van der Waals surface area contributed by atoms with E-state index >= 15 is 0 Å². The SMILES string of the molecule is C.Fc1cccc(F)c1Nc1nc2cnc(NC3CCOCC3)nc2n1[C@H]1CCOC1. The summed E-state index contributed by atoms with van der Waals surface area (Å²) >= 11 is 0. The molecule has 2 fully saturated rings. The zero-order valence-electron chi connectivity index (χ0n) is 16.3. The van der Waals surface area contributed by atoms with E-state index in [2.05, 4.69) is 25.6 Å². The lowest BCUT2D eigenvalue weighted by atomic mass is 10.1. The molecule has 0 spiro atoms. The van der Waals surface area contributed by atoms with Gasteiger partial charge in [0.15, 0.2) is 5.65 Å². The number of aromatic nitrogens is 4. The summed E-state index contributed by atoms with van der Waals surface area (Å²) < 4.78 is 41.2. The molecule has 0 bridgehead atoms. The van der Waals surface area contributed by atoms with Crippen LogP contribution >= 0.6 is 0 Å². The molecule has 10 heteroatoms. The largest absolute Gasteiger partial charge is 0.381 e. The maximum absolute atomic E-state index is 14.2. The van der Waals surface area contributed by atoms with Crippen molar-refractivity contribution in [2.75, 3.05) is 37.1 Å². The zero-order valence-corrected chi connectivity index (χ0v) is 16.3. The number of imidazole rings is 1. The van der Waals surface area contributed by atoms with Crippen molar-refractivity contribution in [3.8, 4) is 0 Å². The number of benzene rings is 1. The lowest BCUT2D eigenvalue weighted by molar-refractivity contribution is 0.0903. The third-order valence-electron chi connectivity index (χ3n) is 5.46. The summed E-state index contributed by atoms with van der Waals surface area (Å²) in [4.78, 5) is 13.6. The molecular weight excluding hydrogens is 406 g/mol. The summed E-state index contributed by atoms with van der Waals surface area (Å²) in [7, 11) is 0. The average Bonchev–Trinajstić information content (AvgIpc) is 3.39. The summed E-state index contributed by atoms with van der Waals surface area (Å²) in [5.74, 6) is -0.575. The molecule has 166 valence electrons. The average molecular weight is 432 g/mol. The number of ether oxygens (including phenoxy) is 2. The fourth-order valence-electron chi connectivity index (χ4n) is 3.87. The van der Waals surface area contributed by atoms with Crippen LogP contribution < -0.4 is 10.6 Å². The lowest BCUT2D eigenvalue weighted by Crippen LogP contribution is -2.28. The number of halogens is 2. The molecule has 4 heterocycles. The Bertz CT molecular complexity index is 1030. The lowest BCUT2D eigenvalue weighted by Gasteiger charge is -2.23. The molecule has 0 unspecified atom stereocenters. The smallest absolute Gasteiger partial charge is 0.224 e. The highest BCUT2D eigenvalue weighted by Crippen LogP contribution is 2.31. The number of hydrogen-bond donors (Lipinski definition) is 2. The van der Waals surface area contributed by atoms with Gasteiger partial charge in [-0.15, -0.1) is 0 Å². The van der Waals surface area contributed by atoms with E-state index in [1.165, 1.54) is 18.2 Å². The zero-order chi connectivity index (χ0) is 20.5. The first-order chi connectivity index (χ1) is 14.7. The fourth-order valence-corrected chi connectivity index (χ4v) is 3.87. The number of para-hydroxylation sites is 1. The summed E-state index contributed by atoms with van der Waals surface area (Å²) in [6.07, 6.45) is 4.15. The van der Waals surface area contributed by atoms with Gasteiger partial charge in [0, 0.05) is 25.9 Å². The molecule has 0 amide bonds. The predicted octanol–water partition coefficient (Wildman–Crippen LogP) is 4.04. The second kappa shape index (κ2) is 9.11. The van der Waals surface area contributed by atoms with Crippen molar-refractivity contribution in [3.63, 3.8) is 0 Å². The molecule has 0 radical (unpaired) electrons. The Morgan fingerprint density at radius 1 is 1.00 bits per heavy atom. The molecule has 0 aliphatic carbocycles. The first-order valence-corrected chi connectivity index (χ1v) is 10.1. The van der Waals surface area contributed by atoms with Gasteiger partial charge in [-0.05, 0) is 31.4 Å². The van der Waals surface area contributed by atoms with Crippen LogP contribution in [-0.4, -0.2) is 52.0 Å². The maximum Gasteiger partial charge on any atom is 0.224 e. The first-order valence-electron chi connectivity index (χ1n) is 10.1. The number of anilines is 3. The van der Waals surface area contributed by atoms with Crippen LogP contribution in [0.15, 0.2) is 24.4 Å². The van der Waals surface area contributed by atoms with Crippen molar-refractivity contribution in [2.24, 2.45) is 0 Å². The highest BCUT2D eigenvalue weighted by Gasteiger charge is 2.26. The highest BCUT2D eigenvalue weighted by atomic mass is 19.1. The summed E-state index contributed by atoms with van der Waals surface area (Å²) in [6.45, 7) is 2.50. The van der Waals surface area contributed by atoms with Gasteiger partial charge in [-0.2, -0.15) is 4.98 Å². The fraction of sp³-hybridized carbons (Fsp3) is 0.476. The molecule has 8 nitrogen and oxygen atoms in total. The summed E-state index contributed by atoms with van der Waals surface area (Å²) in [6, 6.07) is 3.92. The molecule has 3 aromatic rings. The number of nitrogens with one attached hydrogen (secondary N) is 2. The van der Waals surface area contributed by atoms with Crippen LogP contribution in [0.4, 0.5) is 26.4 Å². The highest BCUT2D eigenvalue weighted by molar-refractivity contribution is 5.76. The van der Waals surface area contributed by atoms with E-state index in [-0.39, 0.29) is 25.2 Å². The minimum absolute atomic E-state index is 0. The van der Waals surface area contributed by atoms with E-state index in [0.717, 1.165) is 19.3 Å². The van der Waals surface area contributed by atoms with Gasteiger partial charge in [0.1, 0.15) is 22.8 Å². The molecule has 0 saturated carbocycles. The van der Waals surface area contributed by atoms with Crippen molar-refractivity contribution in [3.05, 3.63) is 36.0 Å². The van der Waals surface area contributed by atoms with Gasteiger partial charge in [0.2, 0.25) is 11.9 Å². The number of hydrogen-bond acceptors (Lipinski definition) is 7.